The molecule has 0 aliphatic heterocycles. The maximum atomic E-state index is 13.4. The van der Waals surface area contributed by atoms with Crippen LogP contribution in [0.2, 0.25) is 0 Å². The van der Waals surface area contributed by atoms with Crippen molar-refractivity contribution in [1.82, 2.24) is 13.7 Å². The summed E-state index contributed by atoms with van der Waals surface area (Å²) in [7, 11) is 1.95. The van der Waals surface area contributed by atoms with Crippen LogP contribution in [0.1, 0.15) is 30.5 Å². The van der Waals surface area contributed by atoms with Crippen molar-refractivity contribution in [1.29, 1.82) is 0 Å². The van der Waals surface area contributed by atoms with Crippen LogP contribution in [0.4, 0.5) is 0 Å². The highest BCUT2D eigenvalue weighted by atomic mass is 16.4. The van der Waals surface area contributed by atoms with Gasteiger partial charge in [0, 0.05) is 24.1 Å². The first-order valence-electron chi connectivity index (χ1n) is 9.85. The Labute approximate surface area is 172 Å². The van der Waals surface area contributed by atoms with Crippen LogP contribution in [0.15, 0.2) is 58.3 Å². The number of fused-ring (bicyclic) bond motifs is 2. The first-order chi connectivity index (χ1) is 14.3. The SMILES string of the molecule is CCC(C(=O)O)n1c(=O)c2ccccc2n(Cc2cn(C)c3cccc(C)c23)c1=O. The molecule has 1 atom stereocenters. The molecule has 7 nitrogen and oxygen atoms in total. The Bertz CT molecular complexity index is 1410. The Balaban J connectivity index is 2.04. The van der Waals surface area contributed by atoms with E-state index in [1.54, 1.807) is 31.2 Å². The molecule has 0 spiro atoms. The van der Waals surface area contributed by atoms with Gasteiger partial charge < -0.3 is 9.67 Å². The highest BCUT2D eigenvalue weighted by Crippen LogP contribution is 2.25. The van der Waals surface area contributed by atoms with Gasteiger partial charge in [0.2, 0.25) is 0 Å². The van der Waals surface area contributed by atoms with Crippen molar-refractivity contribution >= 4 is 27.8 Å². The van der Waals surface area contributed by atoms with E-state index in [0.717, 1.165) is 26.6 Å². The predicted octanol–water partition coefficient (Wildman–Crippen LogP) is 3.05. The molecule has 2 aromatic heterocycles. The number of carbonyl (C=O) groups is 1. The molecule has 0 saturated heterocycles. The molecule has 0 radical (unpaired) electrons. The minimum absolute atomic E-state index is 0.135. The zero-order valence-electron chi connectivity index (χ0n) is 17.1. The number of aliphatic carboxylic acids is 1. The van der Waals surface area contributed by atoms with E-state index in [9.17, 15) is 19.5 Å². The van der Waals surface area contributed by atoms with Crippen LogP contribution in [0.3, 0.4) is 0 Å². The Morgan fingerprint density at radius 2 is 1.77 bits per heavy atom. The summed E-state index contributed by atoms with van der Waals surface area (Å²) in [5, 5.41) is 11.0. The fourth-order valence-corrected chi connectivity index (χ4v) is 4.26. The largest absolute Gasteiger partial charge is 0.480 e. The number of para-hydroxylation sites is 1. The maximum Gasteiger partial charge on any atom is 0.332 e. The van der Waals surface area contributed by atoms with Crippen LogP contribution < -0.4 is 11.2 Å². The number of hydrogen-bond acceptors (Lipinski definition) is 3. The Morgan fingerprint density at radius 3 is 2.47 bits per heavy atom. The molecule has 7 heteroatoms. The molecule has 0 aliphatic rings. The lowest BCUT2D eigenvalue weighted by Gasteiger charge is -2.18. The molecule has 0 aliphatic carbocycles. The molecular weight excluding hydrogens is 382 g/mol. The van der Waals surface area contributed by atoms with Gasteiger partial charge in [-0.1, -0.05) is 31.2 Å². The highest BCUT2D eigenvalue weighted by Gasteiger charge is 2.25. The van der Waals surface area contributed by atoms with Gasteiger partial charge in [0.05, 0.1) is 17.4 Å². The zero-order chi connectivity index (χ0) is 21.6. The summed E-state index contributed by atoms with van der Waals surface area (Å²) in [5.74, 6) is -1.19. The summed E-state index contributed by atoms with van der Waals surface area (Å²) in [6.45, 7) is 3.90. The third-order valence-electron chi connectivity index (χ3n) is 5.69. The third-order valence-corrected chi connectivity index (χ3v) is 5.69. The highest BCUT2D eigenvalue weighted by molar-refractivity contribution is 5.87. The molecular formula is C23H23N3O4. The number of aromatic nitrogens is 3. The average Bonchev–Trinajstić information content (AvgIpc) is 3.05. The van der Waals surface area contributed by atoms with Crippen LogP contribution in [-0.4, -0.2) is 24.8 Å². The molecule has 1 unspecified atom stereocenters. The van der Waals surface area contributed by atoms with Crippen molar-refractivity contribution in [2.24, 2.45) is 7.05 Å². The molecule has 1 N–H and O–H groups in total. The molecule has 154 valence electrons. The van der Waals surface area contributed by atoms with E-state index in [1.165, 1.54) is 4.57 Å². The summed E-state index contributed by atoms with van der Waals surface area (Å²) >= 11 is 0. The van der Waals surface area contributed by atoms with Gasteiger partial charge in [0.15, 0.2) is 0 Å². The molecule has 2 aromatic carbocycles. The van der Waals surface area contributed by atoms with E-state index in [1.807, 2.05) is 42.9 Å². The maximum absolute atomic E-state index is 13.4. The first-order valence-corrected chi connectivity index (χ1v) is 9.85. The number of nitrogens with zero attached hydrogens (tertiary/aromatic N) is 3. The molecule has 0 saturated carbocycles. The van der Waals surface area contributed by atoms with E-state index in [2.05, 4.69) is 0 Å². The van der Waals surface area contributed by atoms with E-state index in [4.69, 9.17) is 0 Å². The van der Waals surface area contributed by atoms with Gasteiger partial charge in [-0.15, -0.1) is 0 Å². The van der Waals surface area contributed by atoms with E-state index >= 15 is 0 Å². The standard InChI is InChI=1S/C23H23N3O4/c1-4-17(22(28)29)26-21(27)16-9-5-6-10-18(16)25(23(26)30)13-15-12-24(3)19-11-7-8-14(2)20(15)19/h5-12,17H,4,13H2,1-3H3,(H,28,29). The normalized spacial score (nSPS) is 12.5. The average molecular weight is 405 g/mol. The van der Waals surface area contributed by atoms with E-state index < -0.39 is 23.3 Å². The summed E-state index contributed by atoms with van der Waals surface area (Å²) in [5.41, 5.74) is 2.38. The van der Waals surface area contributed by atoms with E-state index in [0.29, 0.717) is 10.9 Å². The van der Waals surface area contributed by atoms with Crippen molar-refractivity contribution in [2.45, 2.75) is 32.9 Å². The number of rotatable bonds is 5. The van der Waals surface area contributed by atoms with Crippen LogP contribution >= 0.6 is 0 Å². The number of carboxylic acid groups (broad SMARTS) is 1. The lowest BCUT2D eigenvalue weighted by atomic mass is 10.1. The van der Waals surface area contributed by atoms with Crippen LogP contribution in [-0.2, 0) is 18.4 Å². The minimum atomic E-state index is -1.21. The zero-order valence-corrected chi connectivity index (χ0v) is 17.1. The Kier molecular flexibility index (Phi) is 4.81. The van der Waals surface area contributed by atoms with Gasteiger partial charge in [0.1, 0.15) is 6.04 Å². The van der Waals surface area contributed by atoms with Crippen LogP contribution in [0.5, 0.6) is 0 Å². The van der Waals surface area contributed by atoms with Gasteiger partial charge in [-0.2, -0.15) is 0 Å². The van der Waals surface area contributed by atoms with Crippen LogP contribution in [0.25, 0.3) is 21.8 Å². The molecule has 2 heterocycles. The molecule has 0 fully saturated rings. The molecule has 0 amide bonds. The van der Waals surface area contributed by atoms with Crippen LogP contribution in [0, 0.1) is 6.92 Å². The molecule has 4 aromatic rings. The first kappa shape index (κ1) is 19.7. The third kappa shape index (κ3) is 2.94. The number of hydrogen-bond donors (Lipinski definition) is 1. The van der Waals surface area contributed by atoms with Gasteiger partial charge >= 0.3 is 11.7 Å². The van der Waals surface area contributed by atoms with Crippen molar-refractivity contribution in [3.63, 3.8) is 0 Å². The van der Waals surface area contributed by atoms with Crippen molar-refractivity contribution in [3.05, 3.63) is 80.6 Å². The number of aryl methyl sites for hydroxylation is 2. The quantitative estimate of drug-likeness (QED) is 0.553. The second-order valence-electron chi connectivity index (χ2n) is 7.56. The minimum Gasteiger partial charge on any atom is -0.480 e. The summed E-state index contributed by atoms with van der Waals surface area (Å²) < 4.78 is 4.39. The fourth-order valence-electron chi connectivity index (χ4n) is 4.26. The lowest BCUT2D eigenvalue weighted by Crippen LogP contribution is -2.44. The lowest BCUT2D eigenvalue weighted by molar-refractivity contribution is -0.141. The smallest absolute Gasteiger partial charge is 0.332 e. The topological polar surface area (TPSA) is 86.2 Å². The summed E-state index contributed by atoms with van der Waals surface area (Å²) in [6.07, 6.45) is 2.11. The Hall–Kier alpha value is -3.61. The Morgan fingerprint density at radius 1 is 1.07 bits per heavy atom. The predicted molar refractivity (Wildman–Crippen MR) is 116 cm³/mol. The fraction of sp³-hybridized carbons (Fsp3) is 0.261. The summed E-state index contributed by atoms with van der Waals surface area (Å²) in [6, 6.07) is 11.7. The van der Waals surface area contributed by atoms with Crippen molar-refractivity contribution in [2.75, 3.05) is 0 Å². The molecule has 30 heavy (non-hydrogen) atoms. The van der Waals surface area contributed by atoms with Gasteiger partial charge in [-0.25, -0.2) is 14.2 Å². The summed E-state index contributed by atoms with van der Waals surface area (Å²) in [4.78, 5) is 38.2. The molecule has 4 rings (SSSR count). The van der Waals surface area contributed by atoms with Gasteiger partial charge in [0.25, 0.3) is 5.56 Å². The second-order valence-corrected chi connectivity index (χ2v) is 7.56. The second kappa shape index (κ2) is 7.33. The monoisotopic (exact) mass is 405 g/mol. The van der Waals surface area contributed by atoms with E-state index in [-0.39, 0.29) is 13.0 Å². The van der Waals surface area contributed by atoms with Gasteiger partial charge in [-0.05, 0) is 42.7 Å². The van der Waals surface area contributed by atoms with Gasteiger partial charge in [-0.3, -0.25) is 9.36 Å². The van der Waals surface area contributed by atoms with Crippen molar-refractivity contribution in [3.8, 4) is 0 Å². The van der Waals surface area contributed by atoms with Crippen molar-refractivity contribution < 1.29 is 9.90 Å². The number of benzene rings is 2. The number of carboxylic acids is 1. The molecule has 0 bridgehead atoms.